The molecule has 0 radical (unpaired) electrons. The number of nitrogens with one attached hydrogen (secondary N) is 2. The second-order valence-corrected chi connectivity index (χ2v) is 9.95. The largest absolute Gasteiger partial charge is 0.390 e. The van der Waals surface area contributed by atoms with Crippen LogP contribution in [-0.2, 0) is 6.42 Å². The van der Waals surface area contributed by atoms with Crippen LogP contribution in [0, 0.1) is 5.41 Å². The number of likely N-dealkylation sites (tertiary alicyclic amines) is 1. The third-order valence-corrected chi connectivity index (χ3v) is 7.06. The van der Waals surface area contributed by atoms with E-state index >= 15 is 0 Å². The standard InChI is InChI=1S/C26H37N7O2/c1-26(35)11-16-32(17-12-26)15-10-19-6-8-20(9-7-19)29-24-22(23(28)34)21(18-27)30-25(31-24)33-13-4-2-3-5-14-33/h6-9,18,27,35H,2-5,10-17H2,1H3,(H2,28,34)(H,29,30,31). The molecule has 188 valence electrons. The molecule has 4 rings (SSSR count). The molecule has 1 aromatic heterocycles. The number of hydrogen-bond acceptors (Lipinski definition) is 8. The number of piperidine rings is 1. The first-order valence-electron chi connectivity index (χ1n) is 12.6. The molecule has 35 heavy (non-hydrogen) atoms. The van der Waals surface area contributed by atoms with E-state index in [1.165, 1.54) is 18.4 Å². The Morgan fingerprint density at radius 3 is 2.37 bits per heavy atom. The highest BCUT2D eigenvalue weighted by molar-refractivity contribution is 6.04. The van der Waals surface area contributed by atoms with E-state index in [2.05, 4.69) is 37.2 Å². The zero-order valence-electron chi connectivity index (χ0n) is 20.6. The van der Waals surface area contributed by atoms with Gasteiger partial charge in [-0.1, -0.05) is 25.0 Å². The van der Waals surface area contributed by atoms with Gasteiger partial charge < -0.3 is 31.4 Å². The first kappa shape index (κ1) is 25.1. The number of carbonyl (C=O) groups is 1. The maximum absolute atomic E-state index is 12.2. The molecule has 2 fully saturated rings. The Morgan fingerprint density at radius 1 is 1.11 bits per heavy atom. The van der Waals surface area contributed by atoms with Gasteiger partial charge in [0.1, 0.15) is 17.1 Å². The van der Waals surface area contributed by atoms with Gasteiger partial charge in [0.15, 0.2) is 0 Å². The zero-order chi connectivity index (χ0) is 24.8. The summed E-state index contributed by atoms with van der Waals surface area (Å²) in [7, 11) is 0. The van der Waals surface area contributed by atoms with Crippen LogP contribution in [-0.4, -0.2) is 70.4 Å². The van der Waals surface area contributed by atoms with Crippen molar-refractivity contribution in [2.24, 2.45) is 5.73 Å². The number of rotatable bonds is 8. The molecule has 9 nitrogen and oxygen atoms in total. The van der Waals surface area contributed by atoms with Crippen LogP contribution < -0.4 is 16.0 Å². The average Bonchev–Trinajstić information content (AvgIpc) is 3.13. The van der Waals surface area contributed by atoms with Crippen LogP contribution in [0.25, 0.3) is 0 Å². The van der Waals surface area contributed by atoms with Crippen LogP contribution in [0.2, 0.25) is 0 Å². The Morgan fingerprint density at radius 2 is 1.77 bits per heavy atom. The lowest BCUT2D eigenvalue weighted by molar-refractivity contribution is -0.00492. The van der Waals surface area contributed by atoms with Crippen molar-refractivity contribution in [1.29, 1.82) is 5.41 Å². The molecule has 1 aromatic carbocycles. The fourth-order valence-corrected chi connectivity index (χ4v) is 4.75. The topological polar surface area (TPSA) is 131 Å². The summed E-state index contributed by atoms with van der Waals surface area (Å²) in [4.78, 5) is 25.9. The summed E-state index contributed by atoms with van der Waals surface area (Å²) in [6, 6.07) is 8.08. The smallest absolute Gasteiger partial charge is 0.254 e. The van der Waals surface area contributed by atoms with Crippen LogP contribution in [0.15, 0.2) is 24.3 Å². The van der Waals surface area contributed by atoms with Gasteiger partial charge in [0.05, 0.1) is 5.60 Å². The van der Waals surface area contributed by atoms with Crippen molar-refractivity contribution < 1.29 is 9.90 Å². The van der Waals surface area contributed by atoms with Crippen LogP contribution in [0.4, 0.5) is 17.5 Å². The second-order valence-electron chi connectivity index (χ2n) is 9.95. The van der Waals surface area contributed by atoms with E-state index in [1.54, 1.807) is 0 Å². The Bertz CT molecular complexity index is 1020. The number of aliphatic hydroxyl groups is 1. The lowest BCUT2D eigenvalue weighted by atomic mass is 9.93. The number of primary amides is 1. The monoisotopic (exact) mass is 479 g/mol. The van der Waals surface area contributed by atoms with Crippen molar-refractivity contribution >= 4 is 29.6 Å². The summed E-state index contributed by atoms with van der Waals surface area (Å²) in [5, 5.41) is 21.2. The molecule has 0 atom stereocenters. The summed E-state index contributed by atoms with van der Waals surface area (Å²) in [6.45, 7) is 6.43. The highest BCUT2D eigenvalue weighted by Gasteiger charge is 2.27. The predicted molar refractivity (Wildman–Crippen MR) is 139 cm³/mol. The Hall–Kier alpha value is -3.04. The Balaban J connectivity index is 1.47. The number of amides is 1. The Kier molecular flexibility index (Phi) is 7.97. The highest BCUT2D eigenvalue weighted by Crippen LogP contribution is 2.26. The molecule has 2 saturated heterocycles. The predicted octanol–water partition coefficient (Wildman–Crippen LogP) is 3.09. The number of nitrogens with zero attached hydrogens (tertiary/aromatic N) is 4. The lowest BCUT2D eigenvalue weighted by Crippen LogP contribution is -2.43. The number of carbonyl (C=O) groups excluding carboxylic acids is 1. The summed E-state index contributed by atoms with van der Waals surface area (Å²) >= 11 is 0. The second kappa shape index (κ2) is 11.1. The molecule has 0 unspecified atom stereocenters. The lowest BCUT2D eigenvalue weighted by Gasteiger charge is -2.35. The third kappa shape index (κ3) is 6.55. The number of aromatic nitrogens is 2. The molecule has 2 aliphatic rings. The van der Waals surface area contributed by atoms with Crippen LogP contribution in [0.1, 0.15) is 67.1 Å². The van der Waals surface area contributed by atoms with Crippen LogP contribution in [0.5, 0.6) is 0 Å². The van der Waals surface area contributed by atoms with E-state index < -0.39 is 11.5 Å². The average molecular weight is 480 g/mol. The quantitative estimate of drug-likeness (QED) is 0.428. The van der Waals surface area contributed by atoms with E-state index in [-0.39, 0.29) is 11.3 Å². The van der Waals surface area contributed by atoms with Gasteiger partial charge in [0.25, 0.3) is 5.91 Å². The van der Waals surface area contributed by atoms with Crippen molar-refractivity contribution in [2.45, 2.75) is 57.5 Å². The molecule has 0 spiro atoms. The number of hydrogen-bond donors (Lipinski definition) is 4. The SMILES string of the molecule is CC1(O)CCN(CCc2ccc(Nc3nc(N4CCCCCC4)nc(C=N)c3C(N)=O)cc2)CC1. The van der Waals surface area contributed by atoms with Gasteiger partial charge in [-0.25, -0.2) is 4.98 Å². The summed E-state index contributed by atoms with van der Waals surface area (Å²) in [5.74, 6) is 0.193. The normalized spacial score (nSPS) is 18.6. The molecule has 0 saturated carbocycles. The number of benzene rings is 1. The molecule has 3 heterocycles. The van der Waals surface area contributed by atoms with Gasteiger partial charge in [-0.2, -0.15) is 4.98 Å². The number of anilines is 3. The van der Waals surface area contributed by atoms with Crippen molar-refractivity contribution in [3.63, 3.8) is 0 Å². The van der Waals surface area contributed by atoms with E-state index in [0.29, 0.717) is 11.8 Å². The van der Waals surface area contributed by atoms with E-state index in [4.69, 9.17) is 11.1 Å². The fourth-order valence-electron chi connectivity index (χ4n) is 4.75. The van der Waals surface area contributed by atoms with Crippen molar-refractivity contribution in [3.8, 4) is 0 Å². The summed E-state index contributed by atoms with van der Waals surface area (Å²) in [5.41, 5.74) is 7.49. The molecule has 0 aliphatic carbocycles. The first-order chi connectivity index (χ1) is 16.8. The van der Waals surface area contributed by atoms with E-state index in [0.717, 1.165) is 76.7 Å². The molecular weight excluding hydrogens is 442 g/mol. The molecular formula is C26H37N7O2. The Labute approximate surface area is 207 Å². The van der Waals surface area contributed by atoms with E-state index in [9.17, 15) is 9.90 Å². The molecule has 1 amide bonds. The molecule has 5 N–H and O–H groups in total. The van der Waals surface area contributed by atoms with Crippen LogP contribution >= 0.6 is 0 Å². The molecule has 0 bridgehead atoms. The fraction of sp³-hybridized carbons (Fsp3) is 0.538. The summed E-state index contributed by atoms with van der Waals surface area (Å²) in [6.07, 6.45) is 8.13. The molecule has 2 aliphatic heterocycles. The van der Waals surface area contributed by atoms with Crippen molar-refractivity contribution in [1.82, 2.24) is 14.9 Å². The minimum atomic E-state index is -0.662. The minimum absolute atomic E-state index is 0.128. The van der Waals surface area contributed by atoms with Gasteiger partial charge in [0.2, 0.25) is 5.95 Å². The van der Waals surface area contributed by atoms with Gasteiger partial charge in [0, 0.05) is 44.6 Å². The van der Waals surface area contributed by atoms with E-state index in [1.807, 2.05) is 19.1 Å². The van der Waals surface area contributed by atoms with Gasteiger partial charge in [-0.05, 0) is 56.7 Å². The van der Waals surface area contributed by atoms with Gasteiger partial charge >= 0.3 is 0 Å². The van der Waals surface area contributed by atoms with Crippen molar-refractivity contribution in [2.75, 3.05) is 42.9 Å². The summed E-state index contributed by atoms with van der Waals surface area (Å²) < 4.78 is 0. The highest BCUT2D eigenvalue weighted by atomic mass is 16.3. The van der Waals surface area contributed by atoms with Gasteiger partial charge in [-0.15, -0.1) is 0 Å². The maximum atomic E-state index is 12.2. The van der Waals surface area contributed by atoms with Crippen LogP contribution in [0.3, 0.4) is 0 Å². The molecule has 2 aromatic rings. The third-order valence-electron chi connectivity index (χ3n) is 7.06. The van der Waals surface area contributed by atoms with Gasteiger partial charge in [-0.3, -0.25) is 4.79 Å². The maximum Gasteiger partial charge on any atom is 0.254 e. The first-order valence-corrected chi connectivity index (χ1v) is 12.6. The minimum Gasteiger partial charge on any atom is -0.390 e. The number of nitrogens with two attached hydrogens (primary N) is 1. The molecule has 9 heteroatoms. The van der Waals surface area contributed by atoms with Crippen molar-refractivity contribution in [3.05, 3.63) is 41.1 Å². The zero-order valence-corrected chi connectivity index (χ0v) is 20.6.